The second-order valence-electron chi connectivity index (χ2n) is 5.59. The quantitative estimate of drug-likeness (QED) is 0.875. The first kappa shape index (κ1) is 14.3. The SMILES string of the molecule is Cc1cc(N2CCCCCCC2)c([C@H](C)O)cc1F. The molecule has 0 aliphatic carbocycles. The summed E-state index contributed by atoms with van der Waals surface area (Å²) in [5.41, 5.74) is 2.38. The van der Waals surface area contributed by atoms with E-state index in [0.29, 0.717) is 11.1 Å². The zero-order valence-corrected chi connectivity index (χ0v) is 12.0. The third-order valence-corrected chi connectivity index (χ3v) is 3.95. The zero-order chi connectivity index (χ0) is 13.8. The van der Waals surface area contributed by atoms with Gasteiger partial charge in [-0.3, -0.25) is 0 Å². The van der Waals surface area contributed by atoms with Gasteiger partial charge in [-0.1, -0.05) is 19.3 Å². The molecule has 0 aromatic heterocycles. The maximum Gasteiger partial charge on any atom is 0.126 e. The van der Waals surface area contributed by atoms with E-state index in [9.17, 15) is 9.50 Å². The summed E-state index contributed by atoms with van der Waals surface area (Å²) in [6.07, 6.45) is 5.57. The molecule has 1 aromatic rings. The lowest BCUT2D eigenvalue weighted by Crippen LogP contribution is -2.28. The van der Waals surface area contributed by atoms with E-state index >= 15 is 0 Å². The average Bonchev–Trinajstić information content (AvgIpc) is 2.32. The monoisotopic (exact) mass is 265 g/mol. The van der Waals surface area contributed by atoms with Crippen LogP contribution in [0.1, 0.15) is 56.3 Å². The Morgan fingerprint density at radius 2 is 1.68 bits per heavy atom. The fourth-order valence-electron chi connectivity index (χ4n) is 2.78. The number of halogens is 1. The van der Waals surface area contributed by atoms with Crippen molar-refractivity contribution in [2.75, 3.05) is 18.0 Å². The Hall–Kier alpha value is -1.09. The fourth-order valence-corrected chi connectivity index (χ4v) is 2.78. The molecule has 106 valence electrons. The first-order chi connectivity index (χ1) is 9.09. The molecule has 0 bridgehead atoms. The second-order valence-corrected chi connectivity index (χ2v) is 5.59. The van der Waals surface area contributed by atoms with Crippen LogP contribution in [0.15, 0.2) is 12.1 Å². The highest BCUT2D eigenvalue weighted by atomic mass is 19.1. The van der Waals surface area contributed by atoms with E-state index in [-0.39, 0.29) is 5.82 Å². The van der Waals surface area contributed by atoms with Gasteiger partial charge in [0.05, 0.1) is 6.10 Å². The Kier molecular flexibility index (Phi) is 4.81. The molecule has 1 aliphatic heterocycles. The van der Waals surface area contributed by atoms with Crippen LogP contribution in [-0.2, 0) is 0 Å². The first-order valence-electron chi connectivity index (χ1n) is 7.32. The van der Waals surface area contributed by atoms with Crippen molar-refractivity contribution in [3.63, 3.8) is 0 Å². The van der Waals surface area contributed by atoms with Crippen molar-refractivity contribution in [1.29, 1.82) is 0 Å². The molecule has 1 fully saturated rings. The number of benzene rings is 1. The summed E-state index contributed by atoms with van der Waals surface area (Å²) in [7, 11) is 0. The van der Waals surface area contributed by atoms with Gasteiger partial charge in [-0.2, -0.15) is 0 Å². The van der Waals surface area contributed by atoms with Gasteiger partial charge in [0.2, 0.25) is 0 Å². The molecule has 2 nitrogen and oxygen atoms in total. The Morgan fingerprint density at radius 1 is 1.11 bits per heavy atom. The van der Waals surface area contributed by atoms with Crippen LogP contribution >= 0.6 is 0 Å². The number of nitrogens with zero attached hydrogens (tertiary/aromatic N) is 1. The van der Waals surface area contributed by atoms with E-state index in [0.717, 1.165) is 18.8 Å². The van der Waals surface area contributed by atoms with Crippen LogP contribution in [0.5, 0.6) is 0 Å². The summed E-state index contributed by atoms with van der Waals surface area (Å²) < 4.78 is 13.7. The summed E-state index contributed by atoms with van der Waals surface area (Å²) >= 11 is 0. The van der Waals surface area contributed by atoms with Gasteiger partial charge in [-0.25, -0.2) is 4.39 Å². The van der Waals surface area contributed by atoms with Crippen molar-refractivity contribution in [1.82, 2.24) is 0 Å². The largest absolute Gasteiger partial charge is 0.389 e. The van der Waals surface area contributed by atoms with Crippen molar-refractivity contribution in [2.45, 2.75) is 52.1 Å². The van der Waals surface area contributed by atoms with Gasteiger partial charge in [0, 0.05) is 24.3 Å². The van der Waals surface area contributed by atoms with Crippen LogP contribution in [0.25, 0.3) is 0 Å². The van der Waals surface area contributed by atoms with Crippen LogP contribution in [0.4, 0.5) is 10.1 Å². The molecule has 2 rings (SSSR count). The number of aliphatic hydroxyl groups is 1. The molecule has 0 spiro atoms. The molecular weight excluding hydrogens is 241 g/mol. The number of hydrogen-bond donors (Lipinski definition) is 1. The number of aryl methyl sites for hydroxylation is 1. The highest BCUT2D eigenvalue weighted by molar-refractivity contribution is 5.56. The van der Waals surface area contributed by atoms with Crippen LogP contribution in [0.2, 0.25) is 0 Å². The normalized spacial score (nSPS) is 18.8. The summed E-state index contributed by atoms with van der Waals surface area (Å²) in [5.74, 6) is -0.230. The second kappa shape index (κ2) is 6.38. The van der Waals surface area contributed by atoms with Gasteiger partial charge >= 0.3 is 0 Å². The summed E-state index contributed by atoms with van der Waals surface area (Å²) in [6, 6.07) is 3.38. The standard InChI is InChI=1S/C16H24FNO/c1-12-10-16(14(13(2)19)11-15(12)17)18-8-6-4-3-5-7-9-18/h10-11,13,19H,3-9H2,1-2H3/t13-/m0/s1. The summed E-state index contributed by atoms with van der Waals surface area (Å²) in [6.45, 7) is 5.50. The highest BCUT2D eigenvalue weighted by Gasteiger charge is 2.17. The van der Waals surface area contributed by atoms with Crippen molar-refractivity contribution in [3.05, 3.63) is 29.1 Å². The first-order valence-corrected chi connectivity index (χ1v) is 7.32. The van der Waals surface area contributed by atoms with E-state index in [1.807, 2.05) is 6.07 Å². The van der Waals surface area contributed by atoms with Crippen molar-refractivity contribution in [3.8, 4) is 0 Å². The minimum atomic E-state index is -0.629. The molecule has 0 radical (unpaired) electrons. The van der Waals surface area contributed by atoms with E-state index < -0.39 is 6.10 Å². The molecule has 1 saturated heterocycles. The van der Waals surface area contributed by atoms with Crippen LogP contribution in [0, 0.1) is 12.7 Å². The zero-order valence-electron chi connectivity index (χ0n) is 12.0. The Morgan fingerprint density at radius 3 is 2.26 bits per heavy atom. The molecule has 1 aliphatic rings. The number of anilines is 1. The lowest BCUT2D eigenvalue weighted by atomic mass is 10.0. The Bertz CT molecular complexity index is 423. The third kappa shape index (κ3) is 3.47. The van der Waals surface area contributed by atoms with Crippen molar-refractivity contribution < 1.29 is 9.50 Å². The maximum absolute atomic E-state index is 13.7. The number of rotatable bonds is 2. The topological polar surface area (TPSA) is 23.5 Å². The smallest absolute Gasteiger partial charge is 0.126 e. The molecule has 0 saturated carbocycles. The molecule has 0 unspecified atom stereocenters. The fraction of sp³-hybridized carbons (Fsp3) is 0.625. The summed E-state index contributed by atoms with van der Waals surface area (Å²) in [4.78, 5) is 2.31. The highest BCUT2D eigenvalue weighted by Crippen LogP contribution is 2.30. The maximum atomic E-state index is 13.7. The molecule has 1 N–H and O–H groups in total. The van der Waals surface area contributed by atoms with Gasteiger partial charge in [0.15, 0.2) is 0 Å². The van der Waals surface area contributed by atoms with Crippen molar-refractivity contribution in [2.24, 2.45) is 0 Å². The Balaban J connectivity index is 2.32. The van der Waals surface area contributed by atoms with E-state index in [1.165, 1.54) is 38.2 Å². The van der Waals surface area contributed by atoms with Crippen LogP contribution in [0.3, 0.4) is 0 Å². The lowest BCUT2D eigenvalue weighted by Gasteiger charge is -2.30. The molecule has 3 heteroatoms. The lowest BCUT2D eigenvalue weighted by molar-refractivity contribution is 0.199. The van der Waals surface area contributed by atoms with Crippen LogP contribution in [-0.4, -0.2) is 18.2 Å². The van der Waals surface area contributed by atoms with Gasteiger partial charge < -0.3 is 10.0 Å². The van der Waals surface area contributed by atoms with Gasteiger partial charge in [0.25, 0.3) is 0 Å². The van der Waals surface area contributed by atoms with Crippen molar-refractivity contribution >= 4 is 5.69 Å². The average molecular weight is 265 g/mol. The predicted molar refractivity (Wildman–Crippen MR) is 77.1 cm³/mol. The number of aliphatic hydroxyl groups excluding tert-OH is 1. The number of hydrogen-bond acceptors (Lipinski definition) is 2. The molecule has 1 atom stereocenters. The molecule has 0 amide bonds. The summed E-state index contributed by atoms with van der Waals surface area (Å²) in [5, 5.41) is 9.88. The van der Waals surface area contributed by atoms with Gasteiger partial charge in [0.1, 0.15) is 5.82 Å². The molecule has 1 aromatic carbocycles. The Labute approximate surface area is 115 Å². The minimum Gasteiger partial charge on any atom is -0.389 e. The van der Waals surface area contributed by atoms with E-state index in [2.05, 4.69) is 4.90 Å². The molecular formula is C16H24FNO. The molecule has 19 heavy (non-hydrogen) atoms. The van der Waals surface area contributed by atoms with E-state index in [4.69, 9.17) is 0 Å². The van der Waals surface area contributed by atoms with Gasteiger partial charge in [-0.15, -0.1) is 0 Å². The van der Waals surface area contributed by atoms with E-state index in [1.54, 1.807) is 13.8 Å². The predicted octanol–water partition coefficient (Wildman–Crippen LogP) is 3.96. The molecule has 1 heterocycles. The third-order valence-electron chi connectivity index (χ3n) is 3.95. The minimum absolute atomic E-state index is 0.230. The van der Waals surface area contributed by atoms with Gasteiger partial charge in [-0.05, 0) is 44.4 Å². The van der Waals surface area contributed by atoms with Crippen LogP contribution < -0.4 is 4.90 Å².